The van der Waals surface area contributed by atoms with Gasteiger partial charge in [-0.2, -0.15) is 5.10 Å². The topological polar surface area (TPSA) is 85.2 Å². The minimum atomic E-state index is 0.357. The zero-order chi connectivity index (χ0) is 21.6. The average Bonchev–Trinajstić information content (AvgIpc) is 3.48. The first kappa shape index (κ1) is 20.7. The second-order valence-corrected chi connectivity index (χ2v) is 7.62. The number of aromatic nitrogens is 7. The van der Waals surface area contributed by atoms with E-state index in [4.69, 9.17) is 10.1 Å². The van der Waals surface area contributed by atoms with Crippen LogP contribution in [0.3, 0.4) is 0 Å². The maximum atomic E-state index is 4.85. The largest absolute Gasteiger partial charge is 0.246 e. The second kappa shape index (κ2) is 9.47. The number of rotatable bonds is 8. The van der Waals surface area contributed by atoms with Crippen molar-refractivity contribution < 1.29 is 0 Å². The molecule has 158 valence electrons. The van der Waals surface area contributed by atoms with Crippen LogP contribution in [-0.2, 0) is 13.0 Å². The highest BCUT2D eigenvalue weighted by molar-refractivity contribution is 5.80. The van der Waals surface area contributed by atoms with Crippen LogP contribution >= 0.6 is 0 Å². The van der Waals surface area contributed by atoms with Crippen LogP contribution in [0, 0.1) is 0 Å². The van der Waals surface area contributed by atoms with Crippen LogP contribution in [0.1, 0.15) is 50.3 Å². The summed E-state index contributed by atoms with van der Waals surface area (Å²) in [4.78, 5) is 4.85. The molecule has 31 heavy (non-hydrogen) atoms. The van der Waals surface area contributed by atoms with E-state index in [1.165, 1.54) is 5.56 Å². The van der Waals surface area contributed by atoms with Gasteiger partial charge in [-0.05, 0) is 40.5 Å². The first-order valence-corrected chi connectivity index (χ1v) is 10.7. The molecule has 2 aromatic carbocycles. The van der Waals surface area contributed by atoms with Crippen molar-refractivity contribution in [2.75, 3.05) is 0 Å². The molecule has 0 spiro atoms. The van der Waals surface area contributed by atoms with E-state index in [1.807, 2.05) is 35.9 Å². The van der Waals surface area contributed by atoms with Crippen LogP contribution < -0.4 is 0 Å². The van der Waals surface area contributed by atoms with Gasteiger partial charge in [0.1, 0.15) is 5.82 Å². The van der Waals surface area contributed by atoms with E-state index < -0.39 is 0 Å². The van der Waals surface area contributed by atoms with Crippen LogP contribution in [0.4, 0.5) is 0 Å². The molecule has 4 rings (SSSR count). The third-order valence-corrected chi connectivity index (χ3v) is 5.49. The summed E-state index contributed by atoms with van der Waals surface area (Å²) in [7, 11) is 0. The average molecular weight is 414 g/mol. The van der Waals surface area contributed by atoms with Gasteiger partial charge in [-0.3, -0.25) is 0 Å². The number of nitrogens with one attached hydrogen (secondary N) is 1. The fourth-order valence-corrected chi connectivity index (χ4v) is 3.47. The lowest BCUT2D eigenvalue weighted by atomic mass is 9.98. The predicted octanol–water partition coefficient (Wildman–Crippen LogP) is 4.81. The molecular formula is C24H27N7. The van der Waals surface area contributed by atoms with Crippen molar-refractivity contribution in [1.82, 2.24) is 35.4 Å². The molecule has 0 bridgehead atoms. The van der Waals surface area contributed by atoms with Gasteiger partial charge in [0.25, 0.3) is 0 Å². The Hall–Kier alpha value is -3.61. The Bertz CT molecular complexity index is 1140. The highest BCUT2D eigenvalue weighted by Crippen LogP contribution is 2.30. The monoisotopic (exact) mass is 413 g/mol. The quantitative estimate of drug-likeness (QED) is 0.419. The molecule has 0 aliphatic carbocycles. The van der Waals surface area contributed by atoms with E-state index in [2.05, 4.69) is 70.9 Å². The van der Waals surface area contributed by atoms with E-state index in [9.17, 15) is 0 Å². The van der Waals surface area contributed by atoms with Gasteiger partial charge >= 0.3 is 0 Å². The highest BCUT2D eigenvalue weighted by Gasteiger charge is 2.15. The molecule has 7 nitrogen and oxygen atoms in total. The first-order chi connectivity index (χ1) is 15.2. The molecule has 0 aliphatic rings. The number of benzene rings is 2. The molecule has 1 N–H and O–H groups in total. The molecular weight excluding hydrogens is 386 g/mol. The van der Waals surface area contributed by atoms with Gasteiger partial charge < -0.3 is 0 Å². The maximum absolute atomic E-state index is 4.85. The number of hydrogen-bond donors (Lipinski definition) is 1. The van der Waals surface area contributed by atoms with Crippen molar-refractivity contribution in [3.05, 3.63) is 77.9 Å². The van der Waals surface area contributed by atoms with Crippen LogP contribution in [0.2, 0.25) is 0 Å². The highest BCUT2D eigenvalue weighted by atomic mass is 15.5. The van der Waals surface area contributed by atoms with Gasteiger partial charge in [0.05, 0.1) is 6.54 Å². The summed E-state index contributed by atoms with van der Waals surface area (Å²) in [6.07, 6.45) is 5.93. The molecule has 0 radical (unpaired) electrons. The summed E-state index contributed by atoms with van der Waals surface area (Å²) in [5.41, 5.74) is 4.38. The SMILES string of the molecule is C/C=C/Cn1nc(C(C)CC)nc1Cc1ccc(-c2ccccc2-c2nnn[nH]2)cc1. The lowest BCUT2D eigenvalue weighted by molar-refractivity contribution is 0.625. The summed E-state index contributed by atoms with van der Waals surface area (Å²) in [6.45, 7) is 7.11. The van der Waals surface area contributed by atoms with Gasteiger partial charge in [0.15, 0.2) is 11.6 Å². The van der Waals surface area contributed by atoms with Crippen molar-refractivity contribution >= 4 is 0 Å². The lowest BCUT2D eigenvalue weighted by Gasteiger charge is -2.08. The van der Waals surface area contributed by atoms with E-state index >= 15 is 0 Å². The Labute approximate surface area is 182 Å². The minimum Gasteiger partial charge on any atom is -0.246 e. The number of allylic oxidation sites excluding steroid dienone is 2. The van der Waals surface area contributed by atoms with Crippen molar-refractivity contribution in [3.8, 4) is 22.5 Å². The van der Waals surface area contributed by atoms with E-state index in [-0.39, 0.29) is 0 Å². The summed E-state index contributed by atoms with van der Waals surface area (Å²) < 4.78 is 2.02. The molecule has 0 fully saturated rings. The van der Waals surface area contributed by atoms with Crippen molar-refractivity contribution in [1.29, 1.82) is 0 Å². The van der Waals surface area contributed by atoms with Crippen molar-refractivity contribution in [3.63, 3.8) is 0 Å². The van der Waals surface area contributed by atoms with Crippen molar-refractivity contribution in [2.24, 2.45) is 0 Å². The van der Waals surface area contributed by atoms with Crippen LogP contribution in [0.5, 0.6) is 0 Å². The Morgan fingerprint density at radius 2 is 1.84 bits per heavy atom. The first-order valence-electron chi connectivity index (χ1n) is 10.7. The zero-order valence-electron chi connectivity index (χ0n) is 18.2. The molecule has 0 aliphatic heterocycles. The number of nitrogens with zero attached hydrogens (tertiary/aromatic N) is 6. The van der Waals surface area contributed by atoms with Gasteiger partial charge in [-0.25, -0.2) is 14.8 Å². The van der Waals surface area contributed by atoms with E-state index in [0.717, 1.165) is 47.7 Å². The fourth-order valence-electron chi connectivity index (χ4n) is 3.47. The Balaban J connectivity index is 1.60. The third kappa shape index (κ3) is 4.60. The Morgan fingerprint density at radius 3 is 2.52 bits per heavy atom. The number of H-pyrrole nitrogens is 1. The van der Waals surface area contributed by atoms with Crippen molar-refractivity contribution in [2.45, 2.75) is 46.1 Å². The Morgan fingerprint density at radius 1 is 1.06 bits per heavy atom. The molecule has 0 amide bonds. The molecule has 2 aromatic heterocycles. The summed E-state index contributed by atoms with van der Waals surface area (Å²) in [6, 6.07) is 16.7. The summed E-state index contributed by atoms with van der Waals surface area (Å²) in [5, 5.41) is 19.1. The third-order valence-electron chi connectivity index (χ3n) is 5.49. The Kier molecular flexibility index (Phi) is 6.31. The normalized spacial score (nSPS) is 12.5. The van der Waals surface area contributed by atoms with E-state index in [0.29, 0.717) is 11.7 Å². The maximum Gasteiger partial charge on any atom is 0.180 e. The molecule has 7 heteroatoms. The molecule has 0 saturated carbocycles. The van der Waals surface area contributed by atoms with Gasteiger partial charge in [-0.15, -0.1) is 5.10 Å². The lowest BCUT2D eigenvalue weighted by Crippen LogP contribution is -2.05. The summed E-state index contributed by atoms with van der Waals surface area (Å²) in [5.74, 6) is 2.94. The number of tetrazole rings is 1. The smallest absolute Gasteiger partial charge is 0.180 e. The molecule has 1 unspecified atom stereocenters. The zero-order valence-corrected chi connectivity index (χ0v) is 18.2. The standard InChI is InChI=1S/C24H27N7/c1-4-6-15-31-22(25-23(28-31)17(3)5-2)16-18-11-13-19(14-12-18)20-9-7-8-10-21(20)24-26-29-30-27-24/h4,6-14,17H,5,15-16H2,1-3H3,(H,26,27,29,30)/b6-4+. The van der Waals surface area contributed by atoms with E-state index in [1.54, 1.807) is 0 Å². The summed E-state index contributed by atoms with van der Waals surface area (Å²) >= 11 is 0. The van der Waals surface area contributed by atoms with Gasteiger partial charge in [-0.1, -0.05) is 74.5 Å². The molecule has 0 saturated heterocycles. The predicted molar refractivity (Wildman–Crippen MR) is 121 cm³/mol. The van der Waals surface area contributed by atoms with Crippen LogP contribution in [0.15, 0.2) is 60.7 Å². The fraction of sp³-hybridized carbons (Fsp3) is 0.292. The second-order valence-electron chi connectivity index (χ2n) is 7.62. The van der Waals surface area contributed by atoms with Gasteiger partial charge in [0.2, 0.25) is 0 Å². The van der Waals surface area contributed by atoms with Crippen LogP contribution in [0.25, 0.3) is 22.5 Å². The number of aromatic amines is 1. The molecule has 2 heterocycles. The number of hydrogen-bond acceptors (Lipinski definition) is 5. The molecule has 4 aromatic rings. The van der Waals surface area contributed by atoms with Gasteiger partial charge in [0, 0.05) is 17.9 Å². The molecule has 1 atom stereocenters. The van der Waals surface area contributed by atoms with Crippen LogP contribution in [-0.4, -0.2) is 35.4 Å². The minimum absolute atomic E-state index is 0.357.